The minimum Gasteiger partial charge on any atom is -0.478 e. The third-order valence-electron chi connectivity index (χ3n) is 2.29. The van der Waals surface area contributed by atoms with Crippen LogP contribution in [0, 0.1) is 0 Å². The van der Waals surface area contributed by atoms with Gasteiger partial charge < -0.3 is 15.3 Å². The molecule has 0 saturated heterocycles. The van der Waals surface area contributed by atoms with Gasteiger partial charge in [-0.1, -0.05) is 17.7 Å². The number of carboxylic acid groups (broad SMARTS) is 1. The largest absolute Gasteiger partial charge is 0.478 e. The van der Waals surface area contributed by atoms with E-state index in [0.717, 1.165) is 0 Å². The van der Waals surface area contributed by atoms with Gasteiger partial charge in [-0.15, -0.1) is 0 Å². The summed E-state index contributed by atoms with van der Waals surface area (Å²) in [6.07, 6.45) is 0.290. The zero-order chi connectivity index (χ0) is 13.7. The molecule has 0 aliphatic heterocycles. The molecule has 0 unspecified atom stereocenters. The first-order chi connectivity index (χ1) is 8.41. The number of rotatable bonds is 5. The molecule has 0 saturated carbocycles. The van der Waals surface area contributed by atoms with Crippen molar-refractivity contribution in [2.75, 3.05) is 26.0 Å². The molecule has 0 radical (unpaired) electrons. The van der Waals surface area contributed by atoms with Crippen LogP contribution in [0.15, 0.2) is 18.2 Å². The van der Waals surface area contributed by atoms with Crippen LogP contribution in [0.5, 0.6) is 0 Å². The Kier molecular flexibility index (Phi) is 5.12. The molecule has 0 aliphatic carbocycles. The Labute approximate surface area is 110 Å². The fourth-order valence-electron chi connectivity index (χ4n) is 1.38. The van der Waals surface area contributed by atoms with E-state index < -0.39 is 5.97 Å². The molecule has 0 aliphatic rings. The molecule has 0 fully saturated rings. The van der Waals surface area contributed by atoms with Crippen molar-refractivity contribution in [2.24, 2.45) is 0 Å². The van der Waals surface area contributed by atoms with E-state index in [0.29, 0.717) is 13.0 Å². The first-order valence-electron chi connectivity index (χ1n) is 5.38. The lowest BCUT2D eigenvalue weighted by atomic mass is 10.1. The number of hydrogen-bond acceptors (Lipinski definition) is 3. The summed E-state index contributed by atoms with van der Waals surface area (Å²) < 4.78 is 0. The minimum absolute atomic E-state index is 0.0858. The van der Waals surface area contributed by atoms with Crippen LogP contribution in [0.4, 0.5) is 5.69 Å². The molecular weight excluding hydrogens is 256 g/mol. The minimum atomic E-state index is -1.16. The van der Waals surface area contributed by atoms with Crippen molar-refractivity contribution in [1.82, 2.24) is 4.90 Å². The summed E-state index contributed by atoms with van der Waals surface area (Å²) in [5.74, 6) is -1.41. The van der Waals surface area contributed by atoms with Crippen LogP contribution >= 0.6 is 11.6 Å². The second-order valence-corrected chi connectivity index (χ2v) is 4.48. The lowest BCUT2D eigenvalue weighted by Crippen LogP contribution is -2.21. The summed E-state index contributed by atoms with van der Waals surface area (Å²) in [7, 11) is 3.71. The Morgan fingerprint density at radius 2 is 2.06 bits per heavy atom. The number of nitrogens with one attached hydrogen (secondary N) is 1. The third kappa shape index (κ3) is 4.01. The molecule has 0 bridgehead atoms. The fraction of sp³-hybridized carbons (Fsp3) is 0.333. The monoisotopic (exact) mass is 270 g/mol. The number of benzene rings is 1. The number of nitrogens with zero attached hydrogens (tertiary/aromatic N) is 1. The van der Waals surface area contributed by atoms with E-state index >= 15 is 0 Å². The molecule has 1 aromatic carbocycles. The van der Waals surface area contributed by atoms with Gasteiger partial charge in [-0.2, -0.15) is 0 Å². The topological polar surface area (TPSA) is 69.6 Å². The van der Waals surface area contributed by atoms with Crippen LogP contribution in [0.25, 0.3) is 0 Å². The zero-order valence-corrected chi connectivity index (χ0v) is 11.0. The second-order valence-electron chi connectivity index (χ2n) is 4.07. The number of aromatic carboxylic acids is 1. The van der Waals surface area contributed by atoms with Crippen LogP contribution in [0.2, 0.25) is 5.02 Å². The number of halogens is 1. The number of amides is 1. The molecule has 2 N–H and O–H groups in total. The highest BCUT2D eigenvalue weighted by Gasteiger charge is 2.15. The standard InChI is InChI=1S/C12H15ClN2O3/c1-15(2)7-6-10(16)14-9-5-3-4-8(13)11(9)12(17)18/h3-5H,6-7H2,1-2H3,(H,14,16)(H,17,18). The van der Waals surface area contributed by atoms with Gasteiger partial charge in [0.05, 0.1) is 10.7 Å². The van der Waals surface area contributed by atoms with Gasteiger partial charge in [-0.25, -0.2) is 4.79 Å². The van der Waals surface area contributed by atoms with Crippen LogP contribution < -0.4 is 5.32 Å². The maximum Gasteiger partial charge on any atom is 0.339 e. The Morgan fingerprint density at radius 3 is 2.61 bits per heavy atom. The van der Waals surface area contributed by atoms with E-state index in [2.05, 4.69) is 5.32 Å². The highest BCUT2D eigenvalue weighted by molar-refractivity contribution is 6.34. The maximum absolute atomic E-state index is 11.6. The van der Waals surface area contributed by atoms with E-state index in [-0.39, 0.29) is 22.2 Å². The van der Waals surface area contributed by atoms with Gasteiger partial charge in [-0.05, 0) is 26.2 Å². The lowest BCUT2D eigenvalue weighted by Gasteiger charge is -2.11. The smallest absolute Gasteiger partial charge is 0.339 e. The molecule has 0 atom stereocenters. The van der Waals surface area contributed by atoms with E-state index in [1.165, 1.54) is 12.1 Å². The molecule has 0 spiro atoms. The zero-order valence-electron chi connectivity index (χ0n) is 10.2. The fourth-order valence-corrected chi connectivity index (χ4v) is 1.64. The normalized spacial score (nSPS) is 10.4. The van der Waals surface area contributed by atoms with Gasteiger partial charge in [-0.3, -0.25) is 4.79 Å². The molecule has 5 nitrogen and oxygen atoms in total. The van der Waals surface area contributed by atoms with Crippen LogP contribution in [-0.2, 0) is 4.79 Å². The number of carbonyl (C=O) groups is 2. The molecular formula is C12H15ClN2O3. The predicted octanol–water partition coefficient (Wildman–Crippen LogP) is 1.93. The van der Waals surface area contributed by atoms with Crippen molar-refractivity contribution in [3.8, 4) is 0 Å². The van der Waals surface area contributed by atoms with E-state index in [4.69, 9.17) is 16.7 Å². The van der Waals surface area contributed by atoms with Crippen molar-refractivity contribution < 1.29 is 14.7 Å². The quantitative estimate of drug-likeness (QED) is 0.858. The SMILES string of the molecule is CN(C)CCC(=O)Nc1cccc(Cl)c1C(=O)O. The van der Waals surface area contributed by atoms with Gasteiger partial charge in [0.25, 0.3) is 0 Å². The van der Waals surface area contributed by atoms with E-state index in [1.807, 2.05) is 19.0 Å². The molecule has 1 aromatic rings. The second kappa shape index (κ2) is 6.37. The molecule has 6 heteroatoms. The first kappa shape index (κ1) is 14.5. The summed E-state index contributed by atoms with van der Waals surface area (Å²) in [4.78, 5) is 24.5. The van der Waals surface area contributed by atoms with E-state index in [1.54, 1.807) is 6.07 Å². The van der Waals surface area contributed by atoms with Crippen molar-refractivity contribution in [2.45, 2.75) is 6.42 Å². The van der Waals surface area contributed by atoms with Gasteiger partial charge in [0, 0.05) is 13.0 Å². The molecule has 1 amide bonds. The van der Waals surface area contributed by atoms with E-state index in [9.17, 15) is 9.59 Å². The average molecular weight is 271 g/mol. The van der Waals surface area contributed by atoms with Crippen LogP contribution in [0.3, 0.4) is 0 Å². The summed E-state index contributed by atoms with van der Waals surface area (Å²) >= 11 is 5.79. The highest BCUT2D eigenvalue weighted by Crippen LogP contribution is 2.24. The number of carbonyl (C=O) groups excluding carboxylic acids is 1. The Hall–Kier alpha value is -1.59. The first-order valence-corrected chi connectivity index (χ1v) is 5.76. The third-order valence-corrected chi connectivity index (χ3v) is 2.60. The van der Waals surface area contributed by atoms with Gasteiger partial charge in [0.15, 0.2) is 0 Å². The van der Waals surface area contributed by atoms with Gasteiger partial charge in [0.1, 0.15) is 5.56 Å². The summed E-state index contributed by atoms with van der Waals surface area (Å²) in [5, 5.41) is 11.7. The van der Waals surface area contributed by atoms with Crippen LogP contribution in [0.1, 0.15) is 16.8 Å². The number of carboxylic acids is 1. The Balaban J connectivity index is 2.81. The van der Waals surface area contributed by atoms with Gasteiger partial charge in [0.2, 0.25) is 5.91 Å². The van der Waals surface area contributed by atoms with Crippen molar-refractivity contribution in [3.63, 3.8) is 0 Å². The highest BCUT2D eigenvalue weighted by atomic mass is 35.5. The van der Waals surface area contributed by atoms with Gasteiger partial charge >= 0.3 is 5.97 Å². The summed E-state index contributed by atoms with van der Waals surface area (Å²) in [6.45, 7) is 0.592. The predicted molar refractivity (Wildman–Crippen MR) is 70.2 cm³/mol. The Bertz CT molecular complexity index is 461. The summed E-state index contributed by atoms with van der Waals surface area (Å²) in [5.41, 5.74) is 0.135. The van der Waals surface area contributed by atoms with Crippen molar-refractivity contribution in [3.05, 3.63) is 28.8 Å². The lowest BCUT2D eigenvalue weighted by molar-refractivity contribution is -0.116. The van der Waals surface area contributed by atoms with Crippen molar-refractivity contribution in [1.29, 1.82) is 0 Å². The molecule has 0 heterocycles. The number of hydrogen-bond donors (Lipinski definition) is 2. The maximum atomic E-state index is 11.6. The summed E-state index contributed by atoms with van der Waals surface area (Å²) in [6, 6.07) is 4.58. The number of anilines is 1. The molecule has 1 rings (SSSR count). The average Bonchev–Trinajstić information content (AvgIpc) is 2.26. The van der Waals surface area contributed by atoms with Crippen molar-refractivity contribution >= 4 is 29.2 Å². The van der Waals surface area contributed by atoms with Crippen LogP contribution in [-0.4, -0.2) is 42.5 Å². The Morgan fingerprint density at radius 1 is 1.39 bits per heavy atom. The molecule has 98 valence electrons. The molecule has 0 aromatic heterocycles. The molecule has 18 heavy (non-hydrogen) atoms.